The summed E-state index contributed by atoms with van der Waals surface area (Å²) in [7, 11) is 1.29. The van der Waals surface area contributed by atoms with Crippen molar-refractivity contribution in [3.63, 3.8) is 0 Å². The number of aromatic nitrogens is 2. The molecule has 0 bridgehead atoms. The van der Waals surface area contributed by atoms with Crippen molar-refractivity contribution in [3.8, 4) is 5.75 Å². The molecule has 0 radical (unpaired) electrons. The molecule has 29 heavy (non-hydrogen) atoms. The second kappa shape index (κ2) is 7.49. The average molecular weight is 413 g/mol. The van der Waals surface area contributed by atoms with Crippen molar-refractivity contribution < 1.29 is 27.5 Å². The first-order valence-electron chi connectivity index (χ1n) is 8.97. The fourth-order valence-corrected chi connectivity index (χ4v) is 3.83. The maximum absolute atomic E-state index is 14.0. The number of amides is 1. The summed E-state index contributed by atoms with van der Waals surface area (Å²) in [5.41, 5.74) is -3.28. The van der Waals surface area contributed by atoms with Gasteiger partial charge in [0.2, 0.25) is 0 Å². The van der Waals surface area contributed by atoms with E-state index in [2.05, 4.69) is 10.4 Å². The standard InChI is InChI=1S/C19H19F4N3O3/c1-24-17(29)15-16(28)14(27)9-26(25-15)10-18(4-2-3-5-18)11-6-12(19(21,22)23)8-13(20)7-11/h6-9,27H,2-5,10H2,1H3,(H,24,29). The van der Waals surface area contributed by atoms with E-state index in [-0.39, 0.29) is 12.1 Å². The van der Waals surface area contributed by atoms with Gasteiger partial charge in [-0.05, 0) is 36.6 Å². The van der Waals surface area contributed by atoms with Crippen LogP contribution in [0.1, 0.15) is 47.3 Å². The minimum atomic E-state index is -4.70. The Bertz CT molecular complexity index is 995. The molecule has 1 aromatic carbocycles. The topological polar surface area (TPSA) is 84.2 Å². The third-order valence-corrected chi connectivity index (χ3v) is 5.25. The van der Waals surface area contributed by atoms with Crippen LogP contribution in [0.5, 0.6) is 5.75 Å². The molecule has 1 aliphatic carbocycles. The lowest BCUT2D eigenvalue weighted by atomic mass is 9.78. The minimum absolute atomic E-state index is 0.0222. The summed E-state index contributed by atoms with van der Waals surface area (Å²) in [6, 6.07) is 2.44. The molecule has 2 N–H and O–H groups in total. The monoisotopic (exact) mass is 413 g/mol. The van der Waals surface area contributed by atoms with Gasteiger partial charge in [-0.15, -0.1) is 0 Å². The van der Waals surface area contributed by atoms with Crippen LogP contribution >= 0.6 is 0 Å². The van der Waals surface area contributed by atoms with Crippen molar-refractivity contribution in [2.75, 3.05) is 7.05 Å². The van der Waals surface area contributed by atoms with E-state index >= 15 is 0 Å². The van der Waals surface area contributed by atoms with E-state index in [4.69, 9.17) is 0 Å². The van der Waals surface area contributed by atoms with Gasteiger partial charge in [0, 0.05) is 12.5 Å². The number of nitrogens with one attached hydrogen (secondary N) is 1. The highest BCUT2D eigenvalue weighted by Crippen LogP contribution is 2.44. The van der Waals surface area contributed by atoms with E-state index in [0.29, 0.717) is 31.7 Å². The van der Waals surface area contributed by atoms with Gasteiger partial charge in [-0.2, -0.15) is 18.3 Å². The Hall–Kier alpha value is -2.91. The number of nitrogens with zero attached hydrogens (tertiary/aromatic N) is 2. The molecular weight excluding hydrogens is 394 g/mol. The molecule has 6 nitrogen and oxygen atoms in total. The second-order valence-corrected chi connectivity index (χ2v) is 7.18. The molecule has 0 saturated heterocycles. The summed E-state index contributed by atoms with van der Waals surface area (Å²) in [6.07, 6.45) is -1.30. The summed E-state index contributed by atoms with van der Waals surface area (Å²) in [5.74, 6) is -2.50. The maximum atomic E-state index is 14.0. The molecule has 1 aliphatic rings. The lowest BCUT2D eigenvalue weighted by molar-refractivity contribution is -0.137. The van der Waals surface area contributed by atoms with Crippen molar-refractivity contribution in [2.45, 2.75) is 43.8 Å². The van der Waals surface area contributed by atoms with Gasteiger partial charge in [0.05, 0.1) is 18.3 Å². The number of aromatic hydroxyl groups is 1. The maximum Gasteiger partial charge on any atom is 0.416 e. The predicted molar refractivity (Wildman–Crippen MR) is 95.1 cm³/mol. The number of alkyl halides is 3. The van der Waals surface area contributed by atoms with E-state index in [1.807, 2.05) is 0 Å². The van der Waals surface area contributed by atoms with Crippen LogP contribution in [-0.2, 0) is 18.1 Å². The number of hydrogen-bond donors (Lipinski definition) is 2. The van der Waals surface area contributed by atoms with Crippen LogP contribution in [-0.4, -0.2) is 27.8 Å². The van der Waals surface area contributed by atoms with Crippen LogP contribution in [0, 0.1) is 5.82 Å². The normalized spacial score (nSPS) is 16.0. The quantitative estimate of drug-likeness (QED) is 0.755. The SMILES string of the molecule is CNC(=O)c1nn(CC2(c3cc(F)cc(C(F)(F)F)c3)CCCC2)cc(O)c1=O. The van der Waals surface area contributed by atoms with E-state index in [9.17, 15) is 32.3 Å². The van der Waals surface area contributed by atoms with Gasteiger partial charge >= 0.3 is 6.18 Å². The molecule has 1 fully saturated rings. The van der Waals surface area contributed by atoms with Crippen molar-refractivity contribution in [1.29, 1.82) is 0 Å². The van der Waals surface area contributed by atoms with Crippen molar-refractivity contribution in [2.24, 2.45) is 0 Å². The highest BCUT2D eigenvalue weighted by Gasteiger charge is 2.39. The third kappa shape index (κ3) is 4.10. The largest absolute Gasteiger partial charge is 0.503 e. The van der Waals surface area contributed by atoms with Gasteiger partial charge in [0.25, 0.3) is 11.3 Å². The van der Waals surface area contributed by atoms with Crippen LogP contribution in [0.2, 0.25) is 0 Å². The molecule has 0 aliphatic heterocycles. The Morgan fingerprint density at radius 2 is 1.93 bits per heavy atom. The lowest BCUT2D eigenvalue weighted by Crippen LogP contribution is -2.34. The molecular formula is C19H19F4N3O3. The minimum Gasteiger partial charge on any atom is -0.503 e. The molecule has 3 rings (SSSR count). The van der Waals surface area contributed by atoms with Gasteiger partial charge in [-0.3, -0.25) is 14.3 Å². The Morgan fingerprint density at radius 3 is 2.52 bits per heavy atom. The van der Waals surface area contributed by atoms with Crippen LogP contribution in [0.15, 0.2) is 29.2 Å². The smallest absolute Gasteiger partial charge is 0.416 e. The molecule has 1 amide bonds. The summed E-state index contributed by atoms with van der Waals surface area (Å²) in [5, 5.41) is 16.1. The molecule has 0 atom stereocenters. The number of carbonyl (C=O) groups excluding carboxylic acids is 1. The lowest BCUT2D eigenvalue weighted by Gasteiger charge is -2.31. The van der Waals surface area contributed by atoms with E-state index < -0.39 is 45.8 Å². The summed E-state index contributed by atoms with van der Waals surface area (Å²) in [4.78, 5) is 23.8. The van der Waals surface area contributed by atoms with Crippen LogP contribution in [0.25, 0.3) is 0 Å². The first-order chi connectivity index (χ1) is 13.6. The number of carbonyl (C=O) groups is 1. The predicted octanol–water partition coefficient (Wildman–Crippen LogP) is 2.98. The van der Waals surface area contributed by atoms with Crippen molar-refractivity contribution >= 4 is 5.91 Å². The second-order valence-electron chi connectivity index (χ2n) is 7.18. The van der Waals surface area contributed by atoms with Crippen LogP contribution in [0.4, 0.5) is 17.6 Å². The number of hydrogen-bond acceptors (Lipinski definition) is 4. The number of benzene rings is 1. The Labute approximate surface area is 163 Å². The summed E-state index contributed by atoms with van der Waals surface area (Å²) in [6.45, 7) is -0.0222. The van der Waals surface area contributed by atoms with Gasteiger partial charge < -0.3 is 10.4 Å². The van der Waals surface area contributed by atoms with E-state index in [1.54, 1.807) is 0 Å². The molecule has 2 aromatic rings. The first kappa shape index (κ1) is 20.8. The zero-order valence-corrected chi connectivity index (χ0v) is 15.5. The Kier molecular flexibility index (Phi) is 5.38. The fourth-order valence-electron chi connectivity index (χ4n) is 3.83. The van der Waals surface area contributed by atoms with Gasteiger partial charge in [0.1, 0.15) is 5.82 Å². The summed E-state index contributed by atoms with van der Waals surface area (Å²) < 4.78 is 54.7. The summed E-state index contributed by atoms with van der Waals surface area (Å²) >= 11 is 0. The van der Waals surface area contributed by atoms with Gasteiger partial charge in [0.15, 0.2) is 11.4 Å². The number of halogens is 4. The molecule has 1 saturated carbocycles. The first-order valence-corrected chi connectivity index (χ1v) is 8.97. The van der Waals surface area contributed by atoms with E-state index in [0.717, 1.165) is 23.0 Å². The molecule has 0 spiro atoms. The highest BCUT2D eigenvalue weighted by molar-refractivity contribution is 5.92. The Morgan fingerprint density at radius 1 is 1.28 bits per heavy atom. The van der Waals surface area contributed by atoms with Gasteiger partial charge in [-0.25, -0.2) is 4.39 Å². The van der Waals surface area contributed by atoms with Crippen molar-refractivity contribution in [3.05, 3.63) is 57.3 Å². The van der Waals surface area contributed by atoms with E-state index in [1.165, 1.54) is 7.05 Å². The molecule has 1 heterocycles. The van der Waals surface area contributed by atoms with Crippen LogP contribution in [0.3, 0.4) is 0 Å². The number of rotatable bonds is 4. The van der Waals surface area contributed by atoms with Crippen LogP contribution < -0.4 is 10.7 Å². The fraction of sp³-hybridized carbons (Fsp3) is 0.421. The Balaban J connectivity index is 2.08. The highest BCUT2D eigenvalue weighted by atomic mass is 19.4. The molecule has 156 valence electrons. The molecule has 10 heteroatoms. The third-order valence-electron chi connectivity index (χ3n) is 5.25. The molecule has 0 unspecified atom stereocenters. The zero-order chi connectivity index (χ0) is 21.4. The molecule has 1 aromatic heterocycles. The van der Waals surface area contributed by atoms with Crippen molar-refractivity contribution in [1.82, 2.24) is 15.1 Å². The van der Waals surface area contributed by atoms with Gasteiger partial charge in [-0.1, -0.05) is 12.8 Å². The average Bonchev–Trinajstić information content (AvgIpc) is 3.12. The zero-order valence-electron chi connectivity index (χ0n) is 15.5.